The van der Waals surface area contributed by atoms with E-state index in [4.69, 9.17) is 0 Å². The van der Waals surface area contributed by atoms with E-state index in [0.717, 1.165) is 0 Å². The summed E-state index contributed by atoms with van der Waals surface area (Å²) >= 11 is 0. The molecule has 0 saturated carbocycles. The lowest BCUT2D eigenvalue weighted by Gasteiger charge is -2.54. The molecule has 0 saturated heterocycles. The van der Waals surface area contributed by atoms with Gasteiger partial charge in [-0.15, -0.1) is 0 Å². The molecule has 4 heteroatoms. The molecule has 0 N–H and O–H groups in total. The summed E-state index contributed by atoms with van der Waals surface area (Å²) in [6.07, 6.45) is 0. The monoisotopic (exact) mass is 691 g/mol. The fourth-order valence-electron chi connectivity index (χ4n) is 10.0. The van der Waals surface area contributed by atoms with E-state index in [1.54, 1.807) is 0 Å². The van der Waals surface area contributed by atoms with Crippen molar-refractivity contribution in [3.63, 3.8) is 0 Å². The average molecular weight is 692 g/mol. The smallest absolute Gasteiger partial charge is 0.161 e. The minimum atomic E-state index is -2.59. The maximum absolute atomic E-state index is 2.61. The number of para-hydroxylation sites is 2. The molecule has 3 heterocycles. The van der Waals surface area contributed by atoms with Crippen LogP contribution in [0.15, 0.2) is 182 Å². The van der Waals surface area contributed by atoms with Crippen LogP contribution in [0.1, 0.15) is 0 Å². The summed E-state index contributed by atoms with van der Waals surface area (Å²) in [7, 11) is -2.59. The van der Waals surface area contributed by atoms with Crippen LogP contribution in [0.4, 0.5) is 51.2 Å². The van der Waals surface area contributed by atoms with Gasteiger partial charge in [-0.25, -0.2) is 0 Å². The molecule has 9 aromatic carbocycles. The third-order valence-electron chi connectivity index (χ3n) is 12.0. The summed E-state index contributed by atoms with van der Waals surface area (Å²) < 4.78 is 0. The number of fused-ring (bicyclic) bond motifs is 6. The minimum Gasteiger partial charge on any atom is -0.311 e. The van der Waals surface area contributed by atoms with Crippen molar-refractivity contribution < 1.29 is 0 Å². The third-order valence-corrected chi connectivity index (χ3v) is 16.6. The van der Waals surface area contributed by atoms with E-state index in [-0.39, 0.29) is 0 Å². The molecule has 3 aliphatic heterocycles. The predicted molar refractivity (Wildman–Crippen MR) is 227 cm³/mol. The summed E-state index contributed by atoms with van der Waals surface area (Å²) in [5, 5.41) is 12.2. The summed E-state index contributed by atoms with van der Waals surface area (Å²) in [6.45, 7) is 2.61. The van der Waals surface area contributed by atoms with Gasteiger partial charge in [-0.3, -0.25) is 0 Å². The van der Waals surface area contributed by atoms with Crippen LogP contribution in [0, 0.1) is 0 Å². The molecule has 0 bridgehead atoms. The largest absolute Gasteiger partial charge is 0.311 e. The first-order chi connectivity index (χ1) is 26.2. The van der Waals surface area contributed by atoms with E-state index < -0.39 is 8.07 Å². The van der Waals surface area contributed by atoms with E-state index in [2.05, 4.69) is 203 Å². The third kappa shape index (κ3) is 3.68. The highest BCUT2D eigenvalue weighted by Crippen LogP contribution is 2.53. The molecule has 0 atom stereocenters. The Morgan fingerprint density at radius 1 is 0.283 bits per heavy atom. The number of rotatable bonds is 3. The predicted octanol–water partition coefficient (Wildman–Crippen LogP) is 11.6. The van der Waals surface area contributed by atoms with Gasteiger partial charge in [0.2, 0.25) is 0 Å². The molecule has 0 aromatic heterocycles. The summed E-state index contributed by atoms with van der Waals surface area (Å²) in [6, 6.07) is 67.7. The highest BCUT2D eigenvalue weighted by molar-refractivity contribution is 7.16. The van der Waals surface area contributed by atoms with E-state index in [0.29, 0.717) is 0 Å². The molecule has 9 aromatic rings. The molecule has 53 heavy (non-hydrogen) atoms. The van der Waals surface area contributed by atoms with Crippen molar-refractivity contribution in [1.29, 1.82) is 0 Å². The van der Waals surface area contributed by atoms with Gasteiger partial charge in [0.15, 0.2) is 8.07 Å². The maximum atomic E-state index is 2.61. The van der Waals surface area contributed by atoms with Crippen LogP contribution >= 0.6 is 0 Å². The lowest BCUT2D eigenvalue weighted by molar-refractivity contribution is 1.21. The van der Waals surface area contributed by atoms with Crippen LogP contribution in [-0.4, -0.2) is 8.07 Å². The lowest BCUT2D eigenvalue weighted by atomic mass is 9.94. The molecule has 0 amide bonds. The average Bonchev–Trinajstić information content (AvgIpc) is 3.22. The van der Waals surface area contributed by atoms with Crippen LogP contribution in [0.25, 0.3) is 32.3 Å². The van der Waals surface area contributed by atoms with Gasteiger partial charge < -0.3 is 14.7 Å². The number of hydrogen-bond donors (Lipinski definition) is 0. The molecule has 0 fully saturated rings. The van der Waals surface area contributed by atoms with Gasteiger partial charge in [-0.1, -0.05) is 116 Å². The van der Waals surface area contributed by atoms with E-state index in [1.807, 2.05) is 0 Å². The van der Waals surface area contributed by atoms with Crippen molar-refractivity contribution in [3.8, 4) is 0 Å². The van der Waals surface area contributed by atoms with Crippen LogP contribution in [0.3, 0.4) is 0 Å². The Hall–Kier alpha value is -6.62. The van der Waals surface area contributed by atoms with E-state index in [9.17, 15) is 0 Å². The highest BCUT2D eigenvalue weighted by atomic mass is 28.3. The maximum Gasteiger partial charge on any atom is 0.161 e. The van der Waals surface area contributed by atoms with E-state index in [1.165, 1.54) is 99.1 Å². The molecule has 248 valence electrons. The summed E-state index contributed by atoms with van der Waals surface area (Å²) in [4.78, 5) is 7.61. The van der Waals surface area contributed by atoms with Crippen molar-refractivity contribution in [2.75, 3.05) is 14.7 Å². The summed E-state index contributed by atoms with van der Waals surface area (Å²) in [5.74, 6) is 0. The van der Waals surface area contributed by atoms with Crippen LogP contribution in [-0.2, 0) is 0 Å². The second-order valence-electron chi connectivity index (χ2n) is 14.6. The zero-order chi connectivity index (χ0) is 34.8. The zero-order valence-corrected chi connectivity index (χ0v) is 30.2. The molecular formula is C49H33N3Si. The van der Waals surface area contributed by atoms with Gasteiger partial charge in [0.1, 0.15) is 0 Å². The standard InChI is InChI=1S/C49H33N3Si/c1-53-47-41-23-12-24-42(47)51(33-17-6-3-7-18-33)44-26-14-28-46(49(44)53)52(45-27-13-25-43(48(45)53)50(41)32-15-4-2-5-16-32)34-29-30-39-37-21-9-8-19-35(37)36-20-10-11-22-38(36)40(39)31-34/h2-31H,1H3. The Bertz CT molecular complexity index is 2840. The topological polar surface area (TPSA) is 9.72 Å². The van der Waals surface area contributed by atoms with Gasteiger partial charge >= 0.3 is 0 Å². The van der Waals surface area contributed by atoms with Gasteiger partial charge in [-0.2, -0.15) is 0 Å². The highest BCUT2D eigenvalue weighted by Gasteiger charge is 2.55. The van der Waals surface area contributed by atoms with Crippen LogP contribution in [0.2, 0.25) is 6.55 Å². The molecule has 3 nitrogen and oxygen atoms in total. The lowest BCUT2D eigenvalue weighted by Crippen LogP contribution is -2.74. The molecule has 0 spiro atoms. The van der Waals surface area contributed by atoms with Crippen molar-refractivity contribution in [2.45, 2.75) is 6.55 Å². The first-order valence-corrected chi connectivity index (χ1v) is 21.0. The Morgan fingerprint density at radius 2 is 0.604 bits per heavy atom. The van der Waals surface area contributed by atoms with Gasteiger partial charge in [0.05, 0.1) is 0 Å². The molecule has 0 unspecified atom stereocenters. The summed E-state index contributed by atoms with van der Waals surface area (Å²) in [5.41, 5.74) is 11.2. The first kappa shape index (κ1) is 29.0. The Balaban J connectivity index is 1.22. The van der Waals surface area contributed by atoms with Crippen molar-refractivity contribution in [3.05, 3.63) is 182 Å². The van der Waals surface area contributed by atoms with E-state index >= 15 is 0 Å². The molecule has 3 aliphatic rings. The first-order valence-electron chi connectivity index (χ1n) is 18.5. The minimum absolute atomic E-state index is 1.18. The van der Waals surface area contributed by atoms with Crippen molar-refractivity contribution >= 4 is 107 Å². The number of benzene rings is 9. The SMILES string of the molecule is C[Si]12c3c4cccc3N(c3ccccc3)c3cccc(c31)N(c1ccc3c5ccccc5c5ccccc5c3c1)c1cccc(c12)N4c1ccccc1. The van der Waals surface area contributed by atoms with Crippen molar-refractivity contribution in [1.82, 2.24) is 0 Å². The van der Waals surface area contributed by atoms with Crippen molar-refractivity contribution in [2.24, 2.45) is 0 Å². The van der Waals surface area contributed by atoms with Gasteiger partial charge in [-0.05, 0) is 121 Å². The van der Waals surface area contributed by atoms with Crippen LogP contribution < -0.4 is 30.3 Å². The number of nitrogens with zero attached hydrogens (tertiary/aromatic N) is 3. The van der Waals surface area contributed by atoms with Crippen LogP contribution in [0.5, 0.6) is 0 Å². The molecular weight excluding hydrogens is 659 g/mol. The second kappa shape index (κ2) is 10.5. The second-order valence-corrected chi connectivity index (χ2v) is 18.4. The molecule has 12 rings (SSSR count). The fraction of sp³-hybridized carbons (Fsp3) is 0.0204. The Kier molecular flexibility index (Phi) is 5.73. The number of anilines is 9. The normalized spacial score (nSPS) is 14.5. The Morgan fingerprint density at radius 3 is 1.00 bits per heavy atom. The molecule has 0 radical (unpaired) electrons. The van der Waals surface area contributed by atoms with Gasteiger partial charge in [0.25, 0.3) is 0 Å². The zero-order valence-electron chi connectivity index (χ0n) is 29.2. The van der Waals surface area contributed by atoms with Gasteiger partial charge in [0, 0.05) is 51.2 Å². The quantitative estimate of drug-likeness (QED) is 0.135. The fourth-order valence-corrected chi connectivity index (χ4v) is 15.0. The molecule has 0 aliphatic carbocycles. The number of hydrogen-bond acceptors (Lipinski definition) is 3. The Labute approximate surface area is 309 Å².